The molecule has 0 aliphatic carbocycles. The highest BCUT2D eigenvalue weighted by atomic mass is 16.6. The Hall–Kier alpha value is -3.22. The molecule has 29 heavy (non-hydrogen) atoms. The van der Waals surface area contributed by atoms with Crippen LogP contribution in [0.3, 0.4) is 0 Å². The van der Waals surface area contributed by atoms with E-state index in [1.54, 1.807) is 6.92 Å². The van der Waals surface area contributed by atoms with Crippen LogP contribution in [0.25, 0.3) is 0 Å². The van der Waals surface area contributed by atoms with E-state index in [0.29, 0.717) is 0 Å². The Morgan fingerprint density at radius 1 is 1.03 bits per heavy atom. The number of amides is 2. The minimum Gasteiger partial charge on any atom is -0.347 e. The van der Waals surface area contributed by atoms with Gasteiger partial charge in [0, 0.05) is 17.7 Å². The molecule has 7 heteroatoms. The number of carbonyl (C=O) groups excluding carboxylic acids is 2. The van der Waals surface area contributed by atoms with Crippen molar-refractivity contribution in [2.24, 2.45) is 5.92 Å². The standard InChI is InChI=1S/C22H27N3O4/c1-5-16-9-11-17(12-10-16)20(14(2)3)24-21(26)15(4)23-22(27)18-7-6-8-19(13-18)25(28)29/h6-15,20H,5H2,1-4H3,(H,23,27)(H,24,26). The second-order valence-corrected chi connectivity index (χ2v) is 7.33. The first-order chi connectivity index (χ1) is 13.7. The fourth-order valence-corrected chi connectivity index (χ4v) is 2.98. The fourth-order valence-electron chi connectivity index (χ4n) is 2.98. The highest BCUT2D eigenvalue weighted by Crippen LogP contribution is 2.22. The van der Waals surface area contributed by atoms with Crippen LogP contribution in [0.2, 0.25) is 0 Å². The van der Waals surface area contributed by atoms with Gasteiger partial charge in [0.25, 0.3) is 11.6 Å². The number of hydrogen-bond donors (Lipinski definition) is 2. The first-order valence-corrected chi connectivity index (χ1v) is 9.67. The Labute approximate surface area is 170 Å². The number of nitro groups is 1. The van der Waals surface area contributed by atoms with E-state index in [1.807, 2.05) is 38.1 Å². The van der Waals surface area contributed by atoms with E-state index in [4.69, 9.17) is 0 Å². The van der Waals surface area contributed by atoms with Crippen molar-refractivity contribution in [3.05, 3.63) is 75.3 Å². The summed E-state index contributed by atoms with van der Waals surface area (Å²) in [5.41, 5.74) is 2.18. The van der Waals surface area contributed by atoms with Crippen LogP contribution in [0.1, 0.15) is 55.2 Å². The van der Waals surface area contributed by atoms with Gasteiger partial charge in [-0.1, -0.05) is 51.1 Å². The highest BCUT2D eigenvalue weighted by molar-refractivity contribution is 5.97. The van der Waals surface area contributed by atoms with Crippen LogP contribution in [0, 0.1) is 16.0 Å². The van der Waals surface area contributed by atoms with Gasteiger partial charge in [-0.05, 0) is 36.5 Å². The lowest BCUT2D eigenvalue weighted by atomic mass is 9.94. The summed E-state index contributed by atoms with van der Waals surface area (Å²) in [5.74, 6) is -0.696. The molecule has 0 fully saturated rings. The van der Waals surface area contributed by atoms with E-state index < -0.39 is 16.9 Å². The first-order valence-electron chi connectivity index (χ1n) is 9.67. The zero-order chi connectivity index (χ0) is 21.6. The van der Waals surface area contributed by atoms with Crippen LogP contribution in [0.5, 0.6) is 0 Å². The zero-order valence-corrected chi connectivity index (χ0v) is 17.1. The molecule has 0 aliphatic rings. The van der Waals surface area contributed by atoms with E-state index in [2.05, 4.69) is 17.6 Å². The second-order valence-electron chi connectivity index (χ2n) is 7.33. The summed E-state index contributed by atoms with van der Waals surface area (Å²) in [5, 5.41) is 16.5. The predicted octanol–water partition coefficient (Wildman–Crippen LogP) is 3.79. The number of carbonyl (C=O) groups is 2. The number of hydrogen-bond acceptors (Lipinski definition) is 4. The van der Waals surface area contributed by atoms with Crippen molar-refractivity contribution in [2.45, 2.75) is 46.2 Å². The molecule has 2 N–H and O–H groups in total. The van der Waals surface area contributed by atoms with Gasteiger partial charge < -0.3 is 10.6 Å². The van der Waals surface area contributed by atoms with Crippen molar-refractivity contribution in [1.82, 2.24) is 10.6 Å². The molecule has 0 radical (unpaired) electrons. The maximum absolute atomic E-state index is 12.7. The van der Waals surface area contributed by atoms with E-state index >= 15 is 0 Å². The summed E-state index contributed by atoms with van der Waals surface area (Å²) in [6.45, 7) is 7.71. The summed E-state index contributed by atoms with van der Waals surface area (Å²) in [6, 6.07) is 12.5. The first kappa shape index (κ1) is 22.1. The molecule has 2 unspecified atom stereocenters. The fraction of sp³-hybridized carbons (Fsp3) is 0.364. The van der Waals surface area contributed by atoms with Gasteiger partial charge in [0.05, 0.1) is 11.0 Å². The van der Waals surface area contributed by atoms with Crippen LogP contribution < -0.4 is 10.6 Å². The summed E-state index contributed by atoms with van der Waals surface area (Å²) in [6.07, 6.45) is 0.944. The van der Waals surface area contributed by atoms with Gasteiger partial charge in [0.1, 0.15) is 6.04 Å². The lowest BCUT2D eigenvalue weighted by Gasteiger charge is -2.25. The number of aryl methyl sites for hydroxylation is 1. The molecule has 7 nitrogen and oxygen atoms in total. The third-order valence-corrected chi connectivity index (χ3v) is 4.77. The average molecular weight is 397 g/mol. The molecule has 0 saturated carbocycles. The number of nitrogens with zero attached hydrogens (tertiary/aromatic N) is 1. The maximum atomic E-state index is 12.7. The molecule has 2 aromatic carbocycles. The third-order valence-electron chi connectivity index (χ3n) is 4.77. The largest absolute Gasteiger partial charge is 0.347 e. The van der Waals surface area contributed by atoms with Gasteiger partial charge in [0.2, 0.25) is 5.91 Å². The van der Waals surface area contributed by atoms with Crippen LogP contribution in [0.4, 0.5) is 5.69 Å². The van der Waals surface area contributed by atoms with Crippen molar-refractivity contribution >= 4 is 17.5 Å². The van der Waals surface area contributed by atoms with Crippen molar-refractivity contribution in [3.8, 4) is 0 Å². The molecule has 154 valence electrons. The zero-order valence-electron chi connectivity index (χ0n) is 17.1. The molecule has 0 aromatic heterocycles. The van der Waals surface area contributed by atoms with Gasteiger partial charge in [-0.3, -0.25) is 19.7 Å². The van der Waals surface area contributed by atoms with E-state index in [1.165, 1.54) is 29.8 Å². The molecule has 0 saturated heterocycles. The molecule has 2 rings (SSSR count). The van der Waals surface area contributed by atoms with Crippen molar-refractivity contribution < 1.29 is 14.5 Å². The third kappa shape index (κ3) is 5.88. The summed E-state index contributed by atoms with van der Waals surface area (Å²) in [4.78, 5) is 35.4. The van der Waals surface area contributed by atoms with Crippen LogP contribution in [0.15, 0.2) is 48.5 Å². The maximum Gasteiger partial charge on any atom is 0.270 e. The number of benzene rings is 2. The number of non-ortho nitro benzene ring substituents is 1. The second kappa shape index (κ2) is 9.82. The van der Waals surface area contributed by atoms with Crippen LogP contribution in [-0.4, -0.2) is 22.8 Å². The summed E-state index contributed by atoms with van der Waals surface area (Å²) in [7, 11) is 0. The van der Waals surface area contributed by atoms with Crippen LogP contribution >= 0.6 is 0 Å². The van der Waals surface area contributed by atoms with Gasteiger partial charge >= 0.3 is 0 Å². The van der Waals surface area contributed by atoms with Crippen LogP contribution in [-0.2, 0) is 11.2 Å². The quantitative estimate of drug-likeness (QED) is 0.523. The average Bonchev–Trinajstić information content (AvgIpc) is 2.71. The lowest BCUT2D eigenvalue weighted by molar-refractivity contribution is -0.384. The SMILES string of the molecule is CCc1ccc(C(NC(=O)C(C)NC(=O)c2cccc([N+](=O)[O-])c2)C(C)C)cc1. The van der Waals surface area contributed by atoms with E-state index in [9.17, 15) is 19.7 Å². The Kier molecular flexibility index (Phi) is 7.47. The predicted molar refractivity (Wildman–Crippen MR) is 112 cm³/mol. The molecular formula is C22H27N3O4. The Morgan fingerprint density at radius 2 is 1.69 bits per heavy atom. The Bertz CT molecular complexity index is 878. The van der Waals surface area contributed by atoms with Gasteiger partial charge in [-0.25, -0.2) is 0 Å². The normalized spacial score (nSPS) is 12.9. The molecular weight excluding hydrogens is 370 g/mol. The topological polar surface area (TPSA) is 101 Å². The number of nitrogens with one attached hydrogen (secondary N) is 2. The van der Waals surface area contributed by atoms with Crippen molar-refractivity contribution in [2.75, 3.05) is 0 Å². The van der Waals surface area contributed by atoms with Gasteiger partial charge in [-0.2, -0.15) is 0 Å². The van der Waals surface area contributed by atoms with Crippen molar-refractivity contribution in [3.63, 3.8) is 0 Å². The van der Waals surface area contributed by atoms with Gasteiger partial charge in [-0.15, -0.1) is 0 Å². The van der Waals surface area contributed by atoms with Gasteiger partial charge in [0.15, 0.2) is 0 Å². The van der Waals surface area contributed by atoms with Crippen molar-refractivity contribution in [1.29, 1.82) is 0 Å². The minimum atomic E-state index is -0.794. The highest BCUT2D eigenvalue weighted by Gasteiger charge is 2.23. The number of rotatable bonds is 8. The Morgan fingerprint density at radius 3 is 2.24 bits per heavy atom. The Balaban J connectivity index is 2.06. The molecule has 0 aliphatic heterocycles. The smallest absolute Gasteiger partial charge is 0.270 e. The minimum absolute atomic E-state index is 0.134. The molecule has 2 atom stereocenters. The van der Waals surface area contributed by atoms with E-state index in [0.717, 1.165) is 12.0 Å². The van der Waals surface area contributed by atoms with E-state index in [-0.39, 0.29) is 29.1 Å². The number of nitro benzene ring substituents is 1. The molecule has 2 aromatic rings. The monoisotopic (exact) mass is 397 g/mol. The molecule has 0 spiro atoms. The lowest BCUT2D eigenvalue weighted by Crippen LogP contribution is -2.46. The molecule has 0 bridgehead atoms. The molecule has 0 heterocycles. The summed E-state index contributed by atoms with van der Waals surface area (Å²) < 4.78 is 0. The molecule has 2 amide bonds. The summed E-state index contributed by atoms with van der Waals surface area (Å²) >= 11 is 0.